The minimum Gasteiger partial charge on any atom is -0.447 e. The maximum atomic E-state index is 12.8. The number of carbonyl (C=O) groups excluding carboxylic acids is 3. The number of esters is 1. The number of benzene rings is 2. The van der Waals surface area contributed by atoms with Crippen molar-refractivity contribution < 1.29 is 19.1 Å². The van der Waals surface area contributed by atoms with Gasteiger partial charge in [-0.1, -0.05) is 66.1 Å². The van der Waals surface area contributed by atoms with E-state index >= 15 is 0 Å². The number of nitrogens with zero attached hydrogens (tertiary/aromatic N) is 1. The van der Waals surface area contributed by atoms with Gasteiger partial charge in [-0.3, -0.25) is 14.5 Å². The Labute approximate surface area is 186 Å². The lowest BCUT2D eigenvalue weighted by Gasteiger charge is -2.46. The van der Waals surface area contributed by atoms with Gasteiger partial charge in [0.1, 0.15) is 6.04 Å². The molecule has 1 N–H and O–H groups in total. The van der Waals surface area contributed by atoms with Crippen molar-refractivity contribution in [1.82, 2.24) is 10.2 Å². The summed E-state index contributed by atoms with van der Waals surface area (Å²) in [5.41, 5.74) is 1.08. The Hall–Kier alpha value is -4.03. The number of allylic oxidation sites excluding steroid dienone is 2. The fourth-order valence-corrected chi connectivity index (χ4v) is 3.96. The van der Waals surface area contributed by atoms with Crippen molar-refractivity contribution >= 4 is 28.7 Å². The number of hydrogen-bond acceptors (Lipinski definition) is 4. The largest absolute Gasteiger partial charge is 0.447 e. The van der Waals surface area contributed by atoms with Gasteiger partial charge < -0.3 is 10.1 Å². The molecule has 2 aromatic rings. The average molecular weight is 426 g/mol. The zero-order valence-electron chi connectivity index (χ0n) is 17.6. The summed E-state index contributed by atoms with van der Waals surface area (Å²) in [5, 5.41) is 5.10. The molecule has 2 aliphatic rings. The summed E-state index contributed by atoms with van der Waals surface area (Å²) in [6.07, 6.45) is 3.13. The Balaban J connectivity index is 1.44. The Morgan fingerprint density at radius 3 is 2.72 bits per heavy atom. The van der Waals surface area contributed by atoms with Crippen LogP contribution in [0.2, 0.25) is 0 Å². The van der Waals surface area contributed by atoms with Gasteiger partial charge in [-0.25, -0.2) is 4.79 Å². The van der Waals surface area contributed by atoms with E-state index in [0.717, 1.165) is 21.2 Å². The Morgan fingerprint density at radius 1 is 1.12 bits per heavy atom. The minimum atomic E-state index is -0.897. The number of ether oxygens (including phenoxy) is 1. The van der Waals surface area contributed by atoms with Crippen LogP contribution in [0, 0.1) is 29.6 Å². The summed E-state index contributed by atoms with van der Waals surface area (Å²) < 4.78 is 5.33. The lowest BCUT2D eigenvalue weighted by Crippen LogP contribution is -2.69. The van der Waals surface area contributed by atoms with E-state index < -0.39 is 30.1 Å². The SMILES string of the molecule is CC(=O)O[C@@H]1C#C/C=C\C#CC[C@H]2C(=O)N(C(=O)NCCc3ccc4ccccc4c3)[C@H]12. The van der Waals surface area contributed by atoms with E-state index in [1.165, 1.54) is 6.92 Å². The standard InChI is InChI=1S/C26H22N2O4/c1-18(29)32-23-12-6-4-2-3-5-11-22-24(23)28(25(22)30)26(31)27-16-15-19-13-14-20-9-7-8-10-21(20)17-19/h2,4,7-10,13-14,17,22-24H,11,15-16H2,1H3,(H,27,31)/b4-2-/t22-,23-,24+/m1/s1. The van der Waals surface area contributed by atoms with Crippen LogP contribution in [0.25, 0.3) is 10.8 Å². The van der Waals surface area contributed by atoms with Crippen LogP contribution in [0.3, 0.4) is 0 Å². The molecular formula is C26H22N2O4. The van der Waals surface area contributed by atoms with Crippen molar-refractivity contribution in [2.45, 2.75) is 31.9 Å². The third kappa shape index (κ3) is 4.50. The predicted octanol–water partition coefficient (Wildman–Crippen LogP) is 2.82. The van der Waals surface area contributed by atoms with Crippen molar-refractivity contribution in [2.75, 3.05) is 6.54 Å². The number of fused-ring (bicyclic) bond motifs is 2. The first-order valence-electron chi connectivity index (χ1n) is 10.4. The highest BCUT2D eigenvalue weighted by atomic mass is 16.5. The first-order chi connectivity index (χ1) is 15.5. The predicted molar refractivity (Wildman–Crippen MR) is 120 cm³/mol. The molecule has 0 spiro atoms. The van der Waals surface area contributed by atoms with E-state index in [1.54, 1.807) is 12.2 Å². The number of nitrogens with one attached hydrogen (secondary N) is 1. The van der Waals surface area contributed by atoms with Crippen LogP contribution in [-0.4, -0.2) is 41.5 Å². The normalized spacial score (nSPS) is 22.2. The quantitative estimate of drug-likeness (QED) is 0.464. The minimum absolute atomic E-state index is 0.272. The first-order valence-corrected chi connectivity index (χ1v) is 10.4. The number of imide groups is 1. The van der Waals surface area contributed by atoms with Crippen molar-refractivity contribution in [3.8, 4) is 23.7 Å². The third-order valence-electron chi connectivity index (χ3n) is 5.49. The second kappa shape index (κ2) is 9.41. The van der Waals surface area contributed by atoms with E-state index in [9.17, 15) is 14.4 Å². The molecule has 0 aromatic heterocycles. The van der Waals surface area contributed by atoms with Gasteiger partial charge in [-0.05, 0) is 34.9 Å². The molecule has 1 aliphatic carbocycles. The van der Waals surface area contributed by atoms with Crippen molar-refractivity contribution in [3.05, 3.63) is 60.2 Å². The second-order valence-corrected chi connectivity index (χ2v) is 7.65. The molecule has 1 aliphatic heterocycles. The zero-order chi connectivity index (χ0) is 22.5. The lowest BCUT2D eigenvalue weighted by atomic mass is 9.81. The number of amides is 3. The monoisotopic (exact) mass is 426 g/mol. The molecular weight excluding hydrogens is 404 g/mol. The van der Waals surface area contributed by atoms with Crippen LogP contribution in [0.4, 0.5) is 4.79 Å². The zero-order valence-corrected chi connectivity index (χ0v) is 17.6. The van der Waals surface area contributed by atoms with Gasteiger partial charge in [-0.15, -0.1) is 0 Å². The van der Waals surface area contributed by atoms with E-state index in [1.807, 2.05) is 30.3 Å². The Bertz CT molecular complexity index is 1220. The van der Waals surface area contributed by atoms with Crippen LogP contribution in [-0.2, 0) is 20.7 Å². The number of urea groups is 1. The molecule has 0 bridgehead atoms. The Kier molecular flexibility index (Phi) is 6.24. The van der Waals surface area contributed by atoms with Crippen molar-refractivity contribution in [2.24, 2.45) is 5.92 Å². The molecule has 32 heavy (non-hydrogen) atoms. The molecule has 160 valence electrons. The molecule has 1 heterocycles. The summed E-state index contributed by atoms with van der Waals surface area (Å²) in [7, 11) is 0. The smallest absolute Gasteiger partial charge is 0.324 e. The molecule has 1 saturated heterocycles. The van der Waals surface area contributed by atoms with Gasteiger partial charge in [-0.2, -0.15) is 0 Å². The van der Waals surface area contributed by atoms with Gasteiger partial charge in [0.2, 0.25) is 5.91 Å². The highest BCUT2D eigenvalue weighted by Gasteiger charge is 2.54. The van der Waals surface area contributed by atoms with E-state index in [0.29, 0.717) is 13.0 Å². The van der Waals surface area contributed by atoms with Crippen molar-refractivity contribution in [1.29, 1.82) is 0 Å². The maximum Gasteiger partial charge on any atom is 0.324 e. The number of hydrogen-bond donors (Lipinski definition) is 1. The molecule has 1 fully saturated rings. The van der Waals surface area contributed by atoms with Gasteiger partial charge in [0, 0.05) is 19.9 Å². The van der Waals surface area contributed by atoms with Crippen LogP contribution in [0.15, 0.2) is 54.6 Å². The average Bonchev–Trinajstić information content (AvgIpc) is 2.77. The highest BCUT2D eigenvalue weighted by molar-refractivity contribution is 6.02. The van der Waals surface area contributed by atoms with Crippen molar-refractivity contribution in [3.63, 3.8) is 0 Å². The van der Waals surface area contributed by atoms with E-state index in [2.05, 4.69) is 41.1 Å². The lowest BCUT2D eigenvalue weighted by molar-refractivity contribution is -0.164. The summed E-state index contributed by atoms with van der Waals surface area (Å²) in [4.78, 5) is 38.2. The number of β-lactam (4-membered cyclic amide) rings is 1. The highest BCUT2D eigenvalue weighted by Crippen LogP contribution is 2.33. The van der Waals surface area contributed by atoms with Crippen LogP contribution < -0.4 is 5.32 Å². The summed E-state index contributed by atoms with van der Waals surface area (Å²) >= 11 is 0. The molecule has 3 atom stereocenters. The first kappa shape index (κ1) is 21.2. The maximum absolute atomic E-state index is 12.8. The fraction of sp³-hybridized carbons (Fsp3) is 0.269. The molecule has 6 nitrogen and oxygen atoms in total. The summed E-state index contributed by atoms with van der Waals surface area (Å²) in [5.74, 6) is 9.92. The van der Waals surface area contributed by atoms with Crippen LogP contribution >= 0.6 is 0 Å². The molecule has 4 rings (SSSR count). The number of carbonyl (C=O) groups is 3. The van der Waals surface area contributed by atoms with Gasteiger partial charge in [0.05, 0.1) is 5.92 Å². The molecule has 0 radical (unpaired) electrons. The number of likely N-dealkylation sites (tertiary alicyclic amines) is 1. The van der Waals surface area contributed by atoms with E-state index in [-0.39, 0.29) is 12.3 Å². The van der Waals surface area contributed by atoms with Crippen LogP contribution in [0.5, 0.6) is 0 Å². The molecule has 3 amide bonds. The third-order valence-corrected chi connectivity index (χ3v) is 5.49. The molecule has 0 unspecified atom stereocenters. The molecule has 0 saturated carbocycles. The fourth-order valence-electron chi connectivity index (χ4n) is 3.96. The molecule has 2 aromatic carbocycles. The van der Waals surface area contributed by atoms with Gasteiger partial charge in [0.15, 0.2) is 6.10 Å². The molecule has 6 heteroatoms. The summed E-state index contributed by atoms with van der Waals surface area (Å²) in [6, 6.07) is 13.1. The van der Waals surface area contributed by atoms with Gasteiger partial charge >= 0.3 is 12.0 Å². The van der Waals surface area contributed by atoms with Gasteiger partial charge in [0.25, 0.3) is 0 Å². The van der Waals surface area contributed by atoms with Crippen LogP contribution in [0.1, 0.15) is 18.9 Å². The number of rotatable bonds is 4. The topological polar surface area (TPSA) is 75.7 Å². The van der Waals surface area contributed by atoms with E-state index in [4.69, 9.17) is 4.74 Å². The summed E-state index contributed by atoms with van der Waals surface area (Å²) in [6.45, 7) is 1.64. The Morgan fingerprint density at radius 2 is 1.91 bits per heavy atom. The second-order valence-electron chi connectivity index (χ2n) is 7.65.